The molecule has 0 radical (unpaired) electrons. The van der Waals surface area contributed by atoms with Gasteiger partial charge in [-0.25, -0.2) is 4.98 Å². The number of rotatable bonds is 5. The van der Waals surface area contributed by atoms with Crippen LogP contribution in [0.2, 0.25) is 10.0 Å². The van der Waals surface area contributed by atoms with Gasteiger partial charge in [-0.3, -0.25) is 4.79 Å². The van der Waals surface area contributed by atoms with Crippen LogP contribution in [0.25, 0.3) is 0 Å². The summed E-state index contributed by atoms with van der Waals surface area (Å²) in [6.45, 7) is 5.58. The molecule has 0 bridgehead atoms. The number of ether oxygens (including phenoxy) is 1. The van der Waals surface area contributed by atoms with Gasteiger partial charge in [-0.05, 0) is 44.3 Å². The van der Waals surface area contributed by atoms with E-state index in [4.69, 9.17) is 27.9 Å². The number of benzene rings is 1. The fourth-order valence-electron chi connectivity index (χ4n) is 2.74. The molecule has 0 unspecified atom stereocenters. The highest BCUT2D eigenvalue weighted by Gasteiger charge is 2.18. The van der Waals surface area contributed by atoms with E-state index >= 15 is 0 Å². The van der Waals surface area contributed by atoms with E-state index in [9.17, 15) is 4.79 Å². The van der Waals surface area contributed by atoms with Gasteiger partial charge >= 0.3 is 0 Å². The monoisotopic (exact) mass is 408 g/mol. The molecular formula is C19H22Cl2N4O2. The molecule has 0 aliphatic carbocycles. The Morgan fingerprint density at radius 2 is 1.93 bits per heavy atom. The van der Waals surface area contributed by atoms with Crippen molar-refractivity contribution in [3.05, 3.63) is 46.6 Å². The molecule has 0 spiro atoms. The van der Waals surface area contributed by atoms with Crippen molar-refractivity contribution in [3.63, 3.8) is 0 Å². The van der Waals surface area contributed by atoms with Crippen molar-refractivity contribution in [3.8, 4) is 5.75 Å². The van der Waals surface area contributed by atoms with Gasteiger partial charge in [0.05, 0.1) is 16.9 Å². The number of pyridine rings is 1. The van der Waals surface area contributed by atoms with Gasteiger partial charge < -0.3 is 19.9 Å². The lowest BCUT2D eigenvalue weighted by Gasteiger charge is -2.33. The number of nitrogens with zero attached hydrogens (tertiary/aromatic N) is 3. The van der Waals surface area contributed by atoms with Crippen LogP contribution in [0.15, 0.2) is 36.5 Å². The molecule has 1 fully saturated rings. The molecule has 3 rings (SSSR count). The third-order valence-corrected chi connectivity index (χ3v) is 4.94. The normalized spacial score (nSPS) is 16.1. The molecule has 1 atom stereocenters. The molecule has 1 saturated heterocycles. The highest BCUT2D eigenvalue weighted by molar-refractivity contribution is 6.35. The van der Waals surface area contributed by atoms with Crippen LogP contribution >= 0.6 is 23.2 Å². The van der Waals surface area contributed by atoms with Crippen LogP contribution in [0.5, 0.6) is 5.75 Å². The molecule has 2 heterocycles. The van der Waals surface area contributed by atoms with E-state index in [-0.39, 0.29) is 5.91 Å². The molecule has 1 N–H and O–H groups in total. The van der Waals surface area contributed by atoms with E-state index in [0.29, 0.717) is 21.5 Å². The lowest BCUT2D eigenvalue weighted by Crippen LogP contribution is -2.44. The Hall–Kier alpha value is -2.02. The number of piperazine rings is 1. The number of amides is 1. The zero-order valence-corrected chi connectivity index (χ0v) is 16.8. The van der Waals surface area contributed by atoms with E-state index in [0.717, 1.165) is 32.0 Å². The Labute approximate surface area is 169 Å². The highest BCUT2D eigenvalue weighted by atomic mass is 35.5. The number of halogens is 2. The summed E-state index contributed by atoms with van der Waals surface area (Å²) in [4.78, 5) is 21.4. The molecule has 0 saturated carbocycles. The zero-order chi connectivity index (χ0) is 19.4. The fraction of sp³-hybridized carbons (Fsp3) is 0.368. The molecule has 2 aromatic rings. The van der Waals surface area contributed by atoms with Crippen molar-refractivity contribution in [2.24, 2.45) is 0 Å². The summed E-state index contributed by atoms with van der Waals surface area (Å²) in [7, 11) is 2.11. The average Bonchev–Trinajstić information content (AvgIpc) is 2.65. The van der Waals surface area contributed by atoms with Gasteiger partial charge in [0, 0.05) is 31.2 Å². The summed E-state index contributed by atoms with van der Waals surface area (Å²) in [6.07, 6.45) is 0.939. The Morgan fingerprint density at radius 1 is 1.19 bits per heavy atom. The fourth-order valence-corrected chi connectivity index (χ4v) is 3.19. The number of aromatic nitrogens is 1. The van der Waals surface area contributed by atoms with Gasteiger partial charge in [-0.15, -0.1) is 0 Å². The molecule has 1 aromatic carbocycles. The Bertz CT molecular complexity index is 793. The summed E-state index contributed by atoms with van der Waals surface area (Å²) in [5.41, 5.74) is 0.621. The van der Waals surface area contributed by atoms with Crippen LogP contribution < -0.4 is 15.0 Å². The first-order chi connectivity index (χ1) is 12.9. The summed E-state index contributed by atoms with van der Waals surface area (Å²) >= 11 is 11.9. The van der Waals surface area contributed by atoms with Crippen LogP contribution in [-0.4, -0.2) is 55.1 Å². The third kappa shape index (κ3) is 5.25. The van der Waals surface area contributed by atoms with Crippen LogP contribution in [0.4, 0.5) is 11.5 Å². The predicted octanol–water partition coefficient (Wildman–Crippen LogP) is 3.55. The van der Waals surface area contributed by atoms with Gasteiger partial charge in [0.1, 0.15) is 11.6 Å². The maximum atomic E-state index is 12.4. The summed E-state index contributed by atoms with van der Waals surface area (Å²) < 4.78 is 5.63. The number of likely N-dealkylation sites (N-methyl/N-ethyl adjacent to an activating group) is 1. The minimum absolute atomic E-state index is 0.282. The molecule has 1 amide bonds. The summed E-state index contributed by atoms with van der Waals surface area (Å²) in [6, 6.07) is 8.64. The van der Waals surface area contributed by atoms with Crippen LogP contribution in [0.3, 0.4) is 0 Å². The van der Waals surface area contributed by atoms with Crippen LogP contribution in [0.1, 0.15) is 6.92 Å². The van der Waals surface area contributed by atoms with E-state index in [2.05, 4.69) is 27.1 Å². The first kappa shape index (κ1) is 19.7. The van der Waals surface area contributed by atoms with Crippen molar-refractivity contribution >= 4 is 40.6 Å². The van der Waals surface area contributed by atoms with E-state index < -0.39 is 6.10 Å². The van der Waals surface area contributed by atoms with Crippen LogP contribution in [-0.2, 0) is 4.79 Å². The lowest BCUT2D eigenvalue weighted by atomic mass is 10.3. The first-order valence-electron chi connectivity index (χ1n) is 8.74. The Morgan fingerprint density at radius 3 is 2.56 bits per heavy atom. The second-order valence-corrected chi connectivity index (χ2v) is 7.36. The standard InChI is InChI=1S/C19H22Cl2N4O2/c1-13(27-17-5-3-14(20)11-16(17)21)19(26)23-15-4-6-18(22-12-15)25-9-7-24(2)8-10-25/h3-6,11-13H,7-10H2,1-2H3,(H,23,26)/t13-/m1/s1. The predicted molar refractivity (Wildman–Crippen MR) is 109 cm³/mol. The van der Waals surface area contributed by atoms with Crippen molar-refractivity contribution < 1.29 is 9.53 Å². The van der Waals surface area contributed by atoms with Crippen molar-refractivity contribution in [2.75, 3.05) is 43.4 Å². The average molecular weight is 409 g/mol. The van der Waals surface area contributed by atoms with E-state index in [1.54, 1.807) is 31.3 Å². The minimum atomic E-state index is -0.721. The van der Waals surface area contributed by atoms with E-state index in [1.165, 1.54) is 0 Å². The van der Waals surface area contributed by atoms with Gasteiger partial charge in [-0.2, -0.15) is 0 Å². The third-order valence-electron chi connectivity index (χ3n) is 4.41. The lowest BCUT2D eigenvalue weighted by molar-refractivity contribution is -0.122. The number of carbonyl (C=O) groups is 1. The zero-order valence-electron chi connectivity index (χ0n) is 15.3. The largest absolute Gasteiger partial charge is 0.479 e. The number of hydrogen-bond acceptors (Lipinski definition) is 5. The molecule has 1 aromatic heterocycles. The van der Waals surface area contributed by atoms with Crippen molar-refractivity contribution in [1.82, 2.24) is 9.88 Å². The van der Waals surface area contributed by atoms with Gasteiger partial charge in [0.25, 0.3) is 5.91 Å². The quantitative estimate of drug-likeness (QED) is 0.819. The molecular weight excluding hydrogens is 387 g/mol. The minimum Gasteiger partial charge on any atom is -0.479 e. The number of anilines is 2. The summed E-state index contributed by atoms with van der Waals surface area (Å²) in [5.74, 6) is 1.04. The van der Waals surface area contributed by atoms with Gasteiger partial charge in [0.15, 0.2) is 6.10 Å². The second kappa shape index (κ2) is 8.78. The number of nitrogens with one attached hydrogen (secondary N) is 1. The SMILES string of the molecule is C[C@@H](Oc1ccc(Cl)cc1Cl)C(=O)Nc1ccc(N2CCN(C)CC2)nc1. The molecule has 6 nitrogen and oxygen atoms in total. The molecule has 1 aliphatic rings. The van der Waals surface area contributed by atoms with E-state index in [1.807, 2.05) is 12.1 Å². The maximum Gasteiger partial charge on any atom is 0.265 e. The highest BCUT2D eigenvalue weighted by Crippen LogP contribution is 2.28. The molecule has 144 valence electrons. The van der Waals surface area contributed by atoms with Crippen LogP contribution in [0, 0.1) is 0 Å². The van der Waals surface area contributed by atoms with Crippen molar-refractivity contribution in [1.29, 1.82) is 0 Å². The van der Waals surface area contributed by atoms with Crippen molar-refractivity contribution in [2.45, 2.75) is 13.0 Å². The Balaban J connectivity index is 1.57. The smallest absolute Gasteiger partial charge is 0.265 e. The topological polar surface area (TPSA) is 57.7 Å². The van der Waals surface area contributed by atoms with Gasteiger partial charge in [0.2, 0.25) is 0 Å². The number of carbonyl (C=O) groups excluding carboxylic acids is 1. The molecule has 8 heteroatoms. The summed E-state index contributed by atoms with van der Waals surface area (Å²) in [5, 5.41) is 3.68. The first-order valence-corrected chi connectivity index (χ1v) is 9.50. The maximum absolute atomic E-state index is 12.4. The second-order valence-electron chi connectivity index (χ2n) is 6.52. The Kier molecular flexibility index (Phi) is 6.42. The molecule has 1 aliphatic heterocycles. The number of hydrogen-bond donors (Lipinski definition) is 1. The molecule has 27 heavy (non-hydrogen) atoms. The van der Waals surface area contributed by atoms with Gasteiger partial charge in [-0.1, -0.05) is 23.2 Å².